The van der Waals surface area contributed by atoms with E-state index in [0.29, 0.717) is 18.9 Å². The minimum absolute atomic E-state index is 0.0598. The lowest BCUT2D eigenvalue weighted by molar-refractivity contribution is -0.181. The number of carbonyl (C=O) groups is 1. The largest absolute Gasteiger partial charge is 0.393 e. The number of aliphatic hydroxyl groups is 1. The van der Waals surface area contributed by atoms with E-state index in [0.717, 1.165) is 50.8 Å². The van der Waals surface area contributed by atoms with E-state index in [9.17, 15) is 9.90 Å². The van der Waals surface area contributed by atoms with Crippen LogP contribution in [0, 0.1) is 5.92 Å². The Morgan fingerprint density at radius 2 is 2.17 bits per heavy atom. The summed E-state index contributed by atoms with van der Waals surface area (Å²) in [6.07, 6.45) is 8.33. The van der Waals surface area contributed by atoms with Gasteiger partial charge in [0.15, 0.2) is 0 Å². The van der Waals surface area contributed by atoms with Crippen molar-refractivity contribution in [1.29, 1.82) is 0 Å². The van der Waals surface area contributed by atoms with Crippen molar-refractivity contribution < 1.29 is 14.7 Å². The van der Waals surface area contributed by atoms with Gasteiger partial charge in [-0.2, -0.15) is 5.06 Å². The molecule has 6 nitrogen and oxygen atoms in total. The first-order valence-corrected chi connectivity index (χ1v) is 8.95. The summed E-state index contributed by atoms with van der Waals surface area (Å²) in [7, 11) is 0. The molecule has 0 spiro atoms. The van der Waals surface area contributed by atoms with Crippen LogP contribution >= 0.6 is 0 Å². The highest BCUT2D eigenvalue weighted by Crippen LogP contribution is 2.31. The van der Waals surface area contributed by atoms with Gasteiger partial charge >= 0.3 is 0 Å². The van der Waals surface area contributed by atoms with Crippen molar-refractivity contribution in [2.75, 3.05) is 19.7 Å². The maximum absolute atomic E-state index is 12.3. The summed E-state index contributed by atoms with van der Waals surface area (Å²) >= 11 is 0. The van der Waals surface area contributed by atoms with Crippen LogP contribution in [0.1, 0.15) is 37.7 Å². The van der Waals surface area contributed by atoms with Crippen molar-refractivity contribution in [3.8, 4) is 0 Å². The number of hydrogen-bond acceptors (Lipinski definition) is 5. The highest BCUT2D eigenvalue weighted by Gasteiger charge is 2.34. The normalized spacial score (nSPS) is 25.7. The van der Waals surface area contributed by atoms with Crippen LogP contribution in [0.25, 0.3) is 0 Å². The number of nitrogens with zero attached hydrogens (tertiary/aromatic N) is 2. The van der Waals surface area contributed by atoms with Gasteiger partial charge in [0.25, 0.3) is 0 Å². The second-order valence-corrected chi connectivity index (χ2v) is 6.84. The van der Waals surface area contributed by atoms with Crippen molar-refractivity contribution in [2.45, 2.75) is 50.7 Å². The Bertz CT molecular complexity index is 514. The topological polar surface area (TPSA) is 74.7 Å². The zero-order chi connectivity index (χ0) is 16.8. The quantitative estimate of drug-likeness (QED) is 0.787. The Morgan fingerprint density at radius 3 is 2.83 bits per heavy atom. The minimum atomic E-state index is -0.214. The number of pyridine rings is 1. The molecule has 1 saturated heterocycles. The maximum atomic E-state index is 12.3. The van der Waals surface area contributed by atoms with Gasteiger partial charge in [-0.1, -0.05) is 0 Å². The first-order valence-electron chi connectivity index (χ1n) is 8.95. The van der Waals surface area contributed by atoms with Crippen molar-refractivity contribution in [3.05, 3.63) is 30.1 Å². The number of nitrogens with one attached hydrogen (secondary N) is 1. The molecule has 6 heteroatoms. The molecule has 1 aliphatic carbocycles. The molecule has 1 atom stereocenters. The minimum Gasteiger partial charge on any atom is -0.393 e. The molecule has 0 bridgehead atoms. The van der Waals surface area contributed by atoms with Crippen molar-refractivity contribution in [2.24, 2.45) is 5.92 Å². The third-order valence-electron chi connectivity index (χ3n) is 4.93. The Labute approximate surface area is 143 Å². The van der Waals surface area contributed by atoms with Gasteiger partial charge in [0.1, 0.15) is 0 Å². The summed E-state index contributed by atoms with van der Waals surface area (Å²) in [6, 6.07) is 4.04. The van der Waals surface area contributed by atoms with E-state index in [1.165, 1.54) is 0 Å². The Kier molecular flexibility index (Phi) is 6.18. The molecule has 132 valence electrons. The van der Waals surface area contributed by atoms with Gasteiger partial charge in [-0.3, -0.25) is 14.6 Å². The maximum Gasteiger partial charge on any atom is 0.221 e. The van der Waals surface area contributed by atoms with Crippen molar-refractivity contribution >= 4 is 5.91 Å². The zero-order valence-electron chi connectivity index (χ0n) is 14.1. The summed E-state index contributed by atoms with van der Waals surface area (Å²) in [4.78, 5) is 21.9. The summed E-state index contributed by atoms with van der Waals surface area (Å²) < 4.78 is 0. The monoisotopic (exact) mass is 333 g/mol. The smallest absolute Gasteiger partial charge is 0.221 e. The van der Waals surface area contributed by atoms with E-state index >= 15 is 0 Å². The van der Waals surface area contributed by atoms with Crippen molar-refractivity contribution in [3.63, 3.8) is 0 Å². The Balaban J connectivity index is 1.49. The summed E-state index contributed by atoms with van der Waals surface area (Å²) in [5, 5.41) is 14.7. The van der Waals surface area contributed by atoms with Crippen LogP contribution in [-0.4, -0.2) is 52.9 Å². The number of hydroxylamine groups is 2. The first kappa shape index (κ1) is 17.3. The van der Waals surface area contributed by atoms with Gasteiger partial charge in [-0.05, 0) is 55.7 Å². The van der Waals surface area contributed by atoms with Crippen LogP contribution in [0.4, 0.5) is 0 Å². The predicted molar refractivity (Wildman–Crippen MR) is 90.0 cm³/mol. The van der Waals surface area contributed by atoms with Crippen LogP contribution < -0.4 is 5.32 Å². The molecule has 1 aromatic rings. The molecule has 1 amide bonds. The van der Waals surface area contributed by atoms with E-state index in [1.54, 1.807) is 12.4 Å². The third-order valence-corrected chi connectivity index (χ3v) is 4.93. The SMILES string of the molecule is O=C(CCN1CCCCO1)NC(Cc1ccncc1)C1CC(O)C1. The third kappa shape index (κ3) is 5.00. The van der Waals surface area contributed by atoms with Gasteiger partial charge in [-0.25, -0.2) is 0 Å². The lowest BCUT2D eigenvalue weighted by Gasteiger charge is -2.38. The fraction of sp³-hybridized carbons (Fsp3) is 0.667. The molecule has 1 unspecified atom stereocenters. The summed E-state index contributed by atoms with van der Waals surface area (Å²) in [5.41, 5.74) is 1.16. The highest BCUT2D eigenvalue weighted by molar-refractivity contribution is 5.76. The molecule has 1 saturated carbocycles. The van der Waals surface area contributed by atoms with E-state index in [4.69, 9.17) is 4.84 Å². The fourth-order valence-electron chi connectivity index (χ4n) is 3.40. The van der Waals surface area contributed by atoms with Crippen molar-refractivity contribution in [1.82, 2.24) is 15.4 Å². The number of hydrogen-bond donors (Lipinski definition) is 2. The molecule has 2 heterocycles. The number of carbonyl (C=O) groups excluding carboxylic acids is 1. The van der Waals surface area contributed by atoms with Gasteiger partial charge in [0, 0.05) is 37.9 Å². The van der Waals surface area contributed by atoms with Crippen LogP contribution in [-0.2, 0) is 16.1 Å². The number of aromatic nitrogens is 1. The Hall–Kier alpha value is -1.50. The molecular weight excluding hydrogens is 306 g/mol. The Morgan fingerprint density at radius 1 is 1.38 bits per heavy atom. The first-order chi connectivity index (χ1) is 11.7. The lowest BCUT2D eigenvalue weighted by atomic mass is 9.75. The van der Waals surface area contributed by atoms with Crippen LogP contribution in [0.3, 0.4) is 0 Å². The average Bonchev–Trinajstić information content (AvgIpc) is 2.58. The van der Waals surface area contributed by atoms with Gasteiger partial charge in [0.05, 0.1) is 12.7 Å². The average molecular weight is 333 g/mol. The standard InChI is InChI=1S/C18H27N3O3/c22-16-12-15(13-16)17(11-14-3-6-19-7-4-14)20-18(23)5-9-21-8-1-2-10-24-21/h3-4,6-7,15-17,22H,1-2,5,8-13H2,(H,20,23). The molecule has 1 aromatic heterocycles. The van der Waals surface area contributed by atoms with Crippen LogP contribution in [0.5, 0.6) is 0 Å². The highest BCUT2D eigenvalue weighted by atomic mass is 16.7. The molecular formula is C18H27N3O3. The number of aliphatic hydroxyl groups excluding tert-OH is 1. The van der Waals surface area contributed by atoms with Gasteiger partial charge < -0.3 is 10.4 Å². The number of amides is 1. The molecule has 2 aliphatic rings. The van der Waals surface area contributed by atoms with Gasteiger partial charge in [-0.15, -0.1) is 0 Å². The second kappa shape index (κ2) is 8.55. The molecule has 3 rings (SSSR count). The molecule has 0 aromatic carbocycles. The van der Waals surface area contributed by atoms with E-state index in [-0.39, 0.29) is 18.1 Å². The molecule has 2 N–H and O–H groups in total. The summed E-state index contributed by atoms with van der Waals surface area (Å²) in [6.45, 7) is 2.30. The summed E-state index contributed by atoms with van der Waals surface area (Å²) in [5.74, 6) is 0.410. The fourth-order valence-corrected chi connectivity index (χ4v) is 3.40. The molecule has 0 radical (unpaired) electrons. The van der Waals surface area contributed by atoms with Crippen LogP contribution in [0.2, 0.25) is 0 Å². The van der Waals surface area contributed by atoms with E-state index < -0.39 is 0 Å². The predicted octanol–water partition coefficient (Wildman–Crippen LogP) is 1.30. The van der Waals surface area contributed by atoms with Crippen LogP contribution in [0.15, 0.2) is 24.5 Å². The molecule has 24 heavy (non-hydrogen) atoms. The van der Waals surface area contributed by atoms with Gasteiger partial charge in [0.2, 0.25) is 5.91 Å². The van der Waals surface area contributed by atoms with E-state index in [2.05, 4.69) is 10.3 Å². The second-order valence-electron chi connectivity index (χ2n) is 6.84. The van der Waals surface area contributed by atoms with E-state index in [1.807, 2.05) is 17.2 Å². The lowest BCUT2D eigenvalue weighted by Crippen LogP contribution is -2.48. The zero-order valence-corrected chi connectivity index (χ0v) is 14.1. The molecule has 1 aliphatic heterocycles. The molecule has 2 fully saturated rings. The number of rotatable bonds is 7.